The average molecular weight is 499 g/mol. The number of hydrogen-bond donors (Lipinski definition) is 2. The topological polar surface area (TPSA) is 78.9 Å². The summed E-state index contributed by atoms with van der Waals surface area (Å²) in [6.07, 6.45) is 1.04. The van der Waals surface area contributed by atoms with Crippen LogP contribution in [0, 0.1) is 5.41 Å². The largest absolute Gasteiger partial charge is 0.478 e. The molecule has 1 aromatic carbocycles. The summed E-state index contributed by atoms with van der Waals surface area (Å²) in [6, 6.07) is 2.32. The Balaban J connectivity index is 0.00000108. The summed E-state index contributed by atoms with van der Waals surface area (Å²) in [5.41, 5.74) is -1.22. The first-order valence-electron chi connectivity index (χ1n) is 12.6. The summed E-state index contributed by atoms with van der Waals surface area (Å²) in [5.74, 6) is -1.44. The number of hydrogen-bond acceptors (Lipinski definition) is 4. The molecule has 4 rings (SSSR count). The highest BCUT2D eigenvalue weighted by atomic mass is 19.4. The van der Waals surface area contributed by atoms with Gasteiger partial charge in [0.15, 0.2) is 0 Å². The summed E-state index contributed by atoms with van der Waals surface area (Å²) in [7, 11) is 0. The van der Waals surface area contributed by atoms with Crippen LogP contribution in [0.2, 0.25) is 0 Å². The molecule has 0 radical (unpaired) electrons. The van der Waals surface area contributed by atoms with E-state index in [4.69, 9.17) is 4.74 Å². The molecule has 3 aliphatic rings. The molecule has 1 aromatic rings. The zero-order valence-electron chi connectivity index (χ0n) is 20.8. The molecule has 6 nitrogen and oxygen atoms in total. The number of ether oxygens (including phenoxy) is 1. The highest BCUT2D eigenvalue weighted by molar-refractivity contribution is 5.90. The molecule has 1 aliphatic carbocycles. The minimum absolute atomic E-state index is 0.00597. The lowest BCUT2D eigenvalue weighted by atomic mass is 9.85. The van der Waals surface area contributed by atoms with Gasteiger partial charge in [0.05, 0.1) is 11.1 Å². The van der Waals surface area contributed by atoms with Crippen molar-refractivity contribution < 1.29 is 32.6 Å². The SMILES string of the molecule is CCC.C[C@]1(C(=O)N2CCc3c(cc(C(F)(F)F)cc3C(=O)O)C2)CCC(NC2CCOCC2)C1. The van der Waals surface area contributed by atoms with Crippen LogP contribution in [0.1, 0.15) is 86.3 Å². The van der Waals surface area contributed by atoms with Gasteiger partial charge >= 0.3 is 12.1 Å². The standard InChI is InChI=1S/C23H29F3N2O4.C3H8/c1-22(6-2-17(12-22)27-16-4-8-32-9-5-16)21(31)28-7-3-18-14(13-28)10-15(23(24,25)26)11-19(18)20(29)30;1-3-2/h10-11,16-17,27H,2-9,12-13H2,1H3,(H,29,30);3H2,1-2H3/t17?,22-;/m0./s1. The van der Waals surface area contributed by atoms with Crippen LogP contribution in [0.15, 0.2) is 12.1 Å². The van der Waals surface area contributed by atoms with Crippen LogP contribution in [0.25, 0.3) is 0 Å². The zero-order chi connectivity index (χ0) is 25.8. The number of nitrogens with one attached hydrogen (secondary N) is 1. The van der Waals surface area contributed by atoms with Gasteiger partial charge in [0, 0.05) is 43.8 Å². The lowest BCUT2D eigenvalue weighted by Crippen LogP contribution is -2.46. The smallest absolute Gasteiger partial charge is 0.416 e. The summed E-state index contributed by atoms with van der Waals surface area (Å²) >= 11 is 0. The van der Waals surface area contributed by atoms with E-state index in [1.807, 2.05) is 6.92 Å². The minimum atomic E-state index is -4.65. The van der Waals surface area contributed by atoms with Crippen LogP contribution in [-0.4, -0.2) is 53.7 Å². The van der Waals surface area contributed by atoms with Gasteiger partial charge in [-0.25, -0.2) is 4.79 Å². The number of carbonyl (C=O) groups is 2. The van der Waals surface area contributed by atoms with Crippen molar-refractivity contribution in [2.24, 2.45) is 5.41 Å². The van der Waals surface area contributed by atoms with Gasteiger partial charge in [0.1, 0.15) is 0 Å². The lowest BCUT2D eigenvalue weighted by molar-refractivity contribution is -0.142. The Morgan fingerprint density at radius 3 is 2.43 bits per heavy atom. The van der Waals surface area contributed by atoms with E-state index >= 15 is 0 Å². The Morgan fingerprint density at radius 1 is 1.17 bits per heavy atom. The van der Waals surface area contributed by atoms with Gasteiger partial charge in [-0.1, -0.05) is 27.2 Å². The molecule has 196 valence electrons. The fourth-order valence-electron chi connectivity index (χ4n) is 5.38. The molecule has 0 aromatic heterocycles. The Kier molecular flexibility index (Phi) is 8.86. The fraction of sp³-hybridized carbons (Fsp3) is 0.692. The second-order valence-electron chi connectivity index (χ2n) is 10.2. The number of carbonyl (C=O) groups excluding carboxylic acids is 1. The predicted octanol–water partition coefficient (Wildman–Crippen LogP) is 5.03. The lowest BCUT2D eigenvalue weighted by Gasteiger charge is -2.36. The van der Waals surface area contributed by atoms with E-state index in [1.165, 1.54) is 6.42 Å². The molecule has 0 bridgehead atoms. The molecule has 1 amide bonds. The van der Waals surface area contributed by atoms with Crippen molar-refractivity contribution in [2.45, 2.75) is 90.5 Å². The van der Waals surface area contributed by atoms with Crippen LogP contribution in [-0.2, 0) is 28.7 Å². The molecule has 2 fully saturated rings. The maximum atomic E-state index is 13.4. The van der Waals surface area contributed by atoms with Crippen molar-refractivity contribution in [3.05, 3.63) is 34.4 Å². The summed E-state index contributed by atoms with van der Waals surface area (Å²) in [5, 5.41) is 13.1. The molecule has 1 saturated heterocycles. The van der Waals surface area contributed by atoms with Crippen LogP contribution >= 0.6 is 0 Å². The van der Waals surface area contributed by atoms with Crippen molar-refractivity contribution in [1.82, 2.24) is 10.2 Å². The molecular weight excluding hydrogens is 461 g/mol. The number of benzene rings is 1. The number of rotatable bonds is 4. The third-order valence-corrected chi connectivity index (χ3v) is 7.13. The molecule has 2 N–H and O–H groups in total. The van der Waals surface area contributed by atoms with Gasteiger partial charge in [-0.15, -0.1) is 0 Å². The van der Waals surface area contributed by atoms with Gasteiger partial charge in [0.25, 0.3) is 0 Å². The molecule has 1 unspecified atom stereocenters. The molecule has 2 atom stereocenters. The molecule has 2 heterocycles. The van der Waals surface area contributed by atoms with E-state index in [1.54, 1.807) is 4.90 Å². The number of aromatic carboxylic acids is 1. The van der Waals surface area contributed by atoms with Crippen molar-refractivity contribution in [2.75, 3.05) is 19.8 Å². The maximum Gasteiger partial charge on any atom is 0.416 e. The quantitative estimate of drug-likeness (QED) is 0.609. The van der Waals surface area contributed by atoms with Gasteiger partial charge < -0.3 is 20.1 Å². The van der Waals surface area contributed by atoms with Crippen molar-refractivity contribution in [3.63, 3.8) is 0 Å². The normalized spacial score (nSPS) is 25.0. The van der Waals surface area contributed by atoms with Crippen LogP contribution < -0.4 is 5.32 Å². The van der Waals surface area contributed by atoms with Crippen LogP contribution in [0.5, 0.6) is 0 Å². The van der Waals surface area contributed by atoms with Crippen molar-refractivity contribution in [3.8, 4) is 0 Å². The number of carboxylic acids is 1. The Bertz CT molecular complexity index is 915. The highest BCUT2D eigenvalue weighted by Gasteiger charge is 2.44. The van der Waals surface area contributed by atoms with E-state index in [0.717, 1.165) is 45.0 Å². The first-order valence-corrected chi connectivity index (χ1v) is 12.6. The second-order valence-corrected chi connectivity index (χ2v) is 10.2. The zero-order valence-corrected chi connectivity index (χ0v) is 20.8. The van der Waals surface area contributed by atoms with Gasteiger partial charge in [-0.05, 0) is 61.8 Å². The highest BCUT2D eigenvalue weighted by Crippen LogP contribution is 2.41. The van der Waals surface area contributed by atoms with E-state index in [9.17, 15) is 27.9 Å². The Morgan fingerprint density at radius 2 is 1.83 bits per heavy atom. The summed E-state index contributed by atoms with van der Waals surface area (Å²) in [4.78, 5) is 26.6. The monoisotopic (exact) mass is 498 g/mol. The molecule has 0 spiro atoms. The third kappa shape index (κ3) is 6.55. The molecule has 9 heteroatoms. The van der Waals surface area contributed by atoms with Crippen molar-refractivity contribution >= 4 is 11.9 Å². The molecular formula is C26H37F3N2O4. The molecule has 2 aliphatic heterocycles. The average Bonchev–Trinajstić information content (AvgIpc) is 3.19. The Hall–Kier alpha value is -2.13. The number of alkyl halides is 3. The van der Waals surface area contributed by atoms with E-state index in [0.29, 0.717) is 30.6 Å². The third-order valence-electron chi connectivity index (χ3n) is 7.13. The summed E-state index contributed by atoms with van der Waals surface area (Å²) < 4.78 is 45.3. The predicted molar refractivity (Wildman–Crippen MR) is 126 cm³/mol. The van der Waals surface area contributed by atoms with Gasteiger partial charge in [0.2, 0.25) is 5.91 Å². The summed E-state index contributed by atoms with van der Waals surface area (Å²) in [6.45, 7) is 7.99. The Labute approximate surface area is 205 Å². The molecule has 35 heavy (non-hydrogen) atoms. The van der Waals surface area contributed by atoms with Gasteiger partial charge in [-0.2, -0.15) is 13.2 Å². The number of carboxylic acid groups (broad SMARTS) is 1. The van der Waals surface area contributed by atoms with E-state index in [2.05, 4.69) is 19.2 Å². The second kappa shape index (κ2) is 11.3. The number of nitrogens with zero attached hydrogens (tertiary/aromatic N) is 1. The van der Waals surface area contributed by atoms with E-state index < -0.39 is 23.1 Å². The first kappa shape index (κ1) is 27.5. The van der Waals surface area contributed by atoms with E-state index in [-0.39, 0.29) is 36.0 Å². The van der Waals surface area contributed by atoms with Crippen LogP contribution in [0.3, 0.4) is 0 Å². The first-order chi connectivity index (χ1) is 16.5. The minimum Gasteiger partial charge on any atom is -0.478 e. The maximum absolute atomic E-state index is 13.4. The molecule has 1 saturated carbocycles. The fourth-order valence-corrected chi connectivity index (χ4v) is 5.38. The number of fused-ring (bicyclic) bond motifs is 1. The van der Waals surface area contributed by atoms with Gasteiger partial charge in [-0.3, -0.25) is 4.79 Å². The van der Waals surface area contributed by atoms with Crippen molar-refractivity contribution in [1.29, 1.82) is 0 Å². The van der Waals surface area contributed by atoms with Crippen LogP contribution in [0.4, 0.5) is 13.2 Å². The number of halogens is 3. The number of amides is 1.